The van der Waals surface area contributed by atoms with Crippen LogP contribution in [-0.4, -0.2) is 25.5 Å². The van der Waals surface area contributed by atoms with Gasteiger partial charge in [-0.05, 0) is 50.0 Å². The van der Waals surface area contributed by atoms with Crippen LogP contribution in [0.3, 0.4) is 0 Å². The largest absolute Gasteiger partial charge is 0.355 e. The summed E-state index contributed by atoms with van der Waals surface area (Å²) in [6.45, 7) is 11.8. The second kappa shape index (κ2) is 7.88. The number of nitrogens with one attached hydrogen (secondary N) is 2. The Morgan fingerprint density at radius 2 is 1.68 bits per heavy atom. The molecule has 1 fully saturated rings. The Hall–Kier alpha value is -0.570. The van der Waals surface area contributed by atoms with E-state index in [2.05, 4.69) is 38.3 Å². The van der Waals surface area contributed by atoms with Crippen molar-refractivity contribution in [1.82, 2.24) is 10.6 Å². The summed E-state index contributed by atoms with van der Waals surface area (Å²) in [5, 5.41) is 6.37. The van der Waals surface area contributed by atoms with E-state index in [1.54, 1.807) is 0 Å². The Balaban J connectivity index is 2.18. The Morgan fingerprint density at radius 1 is 1.05 bits per heavy atom. The maximum atomic E-state index is 12.0. The van der Waals surface area contributed by atoms with E-state index in [9.17, 15) is 4.79 Å². The molecule has 0 aromatic heterocycles. The first kappa shape index (κ1) is 16.5. The van der Waals surface area contributed by atoms with Crippen LogP contribution >= 0.6 is 0 Å². The van der Waals surface area contributed by atoms with Crippen molar-refractivity contribution in [2.75, 3.05) is 19.6 Å². The van der Waals surface area contributed by atoms with Crippen LogP contribution in [0.25, 0.3) is 0 Å². The number of carbonyl (C=O) groups excluding carboxylic acids is 1. The van der Waals surface area contributed by atoms with Crippen molar-refractivity contribution < 1.29 is 4.79 Å². The molecule has 0 aliphatic heterocycles. The first-order chi connectivity index (χ1) is 8.95. The molecular weight excluding hydrogens is 236 g/mol. The number of rotatable bonds is 6. The summed E-state index contributed by atoms with van der Waals surface area (Å²) in [6, 6.07) is 0. The third-order valence-electron chi connectivity index (χ3n) is 4.35. The molecule has 19 heavy (non-hydrogen) atoms. The maximum absolute atomic E-state index is 12.0. The highest BCUT2D eigenvalue weighted by molar-refractivity contribution is 5.78. The highest BCUT2D eigenvalue weighted by Crippen LogP contribution is 2.39. The van der Waals surface area contributed by atoms with Gasteiger partial charge in [0.05, 0.1) is 0 Å². The standard InChI is InChI=1S/C16H32N2O/c1-5-10-17-11-12-18-15(19)13-6-8-14(9-7-13)16(2,3)4/h13-14,17H,5-12H2,1-4H3,(H,18,19). The third kappa shape index (κ3) is 5.94. The van der Waals surface area contributed by atoms with Crippen LogP contribution < -0.4 is 10.6 Å². The monoisotopic (exact) mass is 268 g/mol. The molecule has 1 aliphatic rings. The highest BCUT2D eigenvalue weighted by Gasteiger charge is 2.32. The van der Waals surface area contributed by atoms with Crippen LogP contribution in [0.15, 0.2) is 0 Å². The van der Waals surface area contributed by atoms with E-state index < -0.39 is 0 Å². The second-order valence-corrected chi connectivity index (χ2v) is 6.96. The van der Waals surface area contributed by atoms with Crippen LogP contribution in [0.5, 0.6) is 0 Å². The molecular formula is C16H32N2O. The van der Waals surface area contributed by atoms with E-state index in [0.717, 1.165) is 44.8 Å². The third-order valence-corrected chi connectivity index (χ3v) is 4.35. The van der Waals surface area contributed by atoms with Gasteiger partial charge >= 0.3 is 0 Å². The number of amides is 1. The van der Waals surface area contributed by atoms with Gasteiger partial charge in [-0.3, -0.25) is 4.79 Å². The molecule has 0 radical (unpaired) electrons. The van der Waals surface area contributed by atoms with Gasteiger partial charge in [-0.1, -0.05) is 27.7 Å². The van der Waals surface area contributed by atoms with E-state index in [4.69, 9.17) is 0 Å². The van der Waals surface area contributed by atoms with Gasteiger partial charge in [-0.25, -0.2) is 0 Å². The van der Waals surface area contributed by atoms with E-state index in [1.165, 1.54) is 12.8 Å². The van der Waals surface area contributed by atoms with Crippen LogP contribution in [0.1, 0.15) is 59.8 Å². The summed E-state index contributed by atoms with van der Waals surface area (Å²) in [7, 11) is 0. The topological polar surface area (TPSA) is 41.1 Å². The molecule has 0 saturated heterocycles. The minimum absolute atomic E-state index is 0.254. The lowest BCUT2D eigenvalue weighted by Crippen LogP contribution is -2.38. The lowest BCUT2D eigenvalue weighted by atomic mass is 9.70. The molecule has 3 nitrogen and oxygen atoms in total. The zero-order chi connectivity index (χ0) is 14.3. The molecule has 0 aromatic carbocycles. The van der Waals surface area contributed by atoms with Gasteiger partial charge in [0.2, 0.25) is 5.91 Å². The van der Waals surface area contributed by atoms with E-state index in [0.29, 0.717) is 5.41 Å². The molecule has 2 N–H and O–H groups in total. The molecule has 1 rings (SSSR count). The summed E-state index contributed by atoms with van der Waals surface area (Å²) in [4.78, 5) is 12.0. The van der Waals surface area contributed by atoms with Crippen molar-refractivity contribution in [1.29, 1.82) is 0 Å². The summed E-state index contributed by atoms with van der Waals surface area (Å²) in [6.07, 6.45) is 5.68. The quantitative estimate of drug-likeness (QED) is 0.727. The fourth-order valence-electron chi connectivity index (χ4n) is 2.94. The average Bonchev–Trinajstić information content (AvgIpc) is 2.37. The van der Waals surface area contributed by atoms with Crippen LogP contribution in [0, 0.1) is 17.3 Å². The van der Waals surface area contributed by atoms with Crippen LogP contribution in [-0.2, 0) is 4.79 Å². The molecule has 1 aliphatic carbocycles. The summed E-state index contributed by atoms with van der Waals surface area (Å²) < 4.78 is 0. The molecule has 1 saturated carbocycles. The van der Waals surface area contributed by atoms with Gasteiger partial charge in [-0.15, -0.1) is 0 Å². The fraction of sp³-hybridized carbons (Fsp3) is 0.938. The minimum atomic E-state index is 0.254. The zero-order valence-electron chi connectivity index (χ0n) is 13.2. The van der Waals surface area contributed by atoms with Crippen LogP contribution in [0.4, 0.5) is 0 Å². The van der Waals surface area contributed by atoms with Crippen molar-refractivity contribution in [3.63, 3.8) is 0 Å². The predicted octanol–water partition coefficient (Wildman–Crippen LogP) is 2.95. The molecule has 0 aromatic rings. The Kier molecular flexibility index (Phi) is 6.84. The second-order valence-electron chi connectivity index (χ2n) is 6.96. The van der Waals surface area contributed by atoms with Crippen molar-refractivity contribution in [2.24, 2.45) is 17.3 Å². The summed E-state index contributed by atoms with van der Waals surface area (Å²) >= 11 is 0. The number of hydrogen-bond donors (Lipinski definition) is 2. The van der Waals surface area contributed by atoms with E-state index in [-0.39, 0.29) is 11.8 Å². The van der Waals surface area contributed by atoms with Crippen LogP contribution in [0.2, 0.25) is 0 Å². The highest BCUT2D eigenvalue weighted by atomic mass is 16.1. The minimum Gasteiger partial charge on any atom is -0.355 e. The predicted molar refractivity (Wildman–Crippen MR) is 81.1 cm³/mol. The molecule has 0 bridgehead atoms. The molecule has 0 atom stereocenters. The smallest absolute Gasteiger partial charge is 0.223 e. The van der Waals surface area contributed by atoms with E-state index >= 15 is 0 Å². The Morgan fingerprint density at radius 3 is 2.21 bits per heavy atom. The Bertz CT molecular complexity index is 262. The maximum Gasteiger partial charge on any atom is 0.223 e. The van der Waals surface area contributed by atoms with Gasteiger partial charge < -0.3 is 10.6 Å². The van der Waals surface area contributed by atoms with Gasteiger partial charge in [0.15, 0.2) is 0 Å². The lowest BCUT2D eigenvalue weighted by Gasteiger charge is -2.36. The number of hydrogen-bond acceptors (Lipinski definition) is 2. The molecule has 112 valence electrons. The van der Waals surface area contributed by atoms with E-state index in [1.807, 2.05) is 0 Å². The van der Waals surface area contributed by atoms with Gasteiger partial charge in [-0.2, -0.15) is 0 Å². The summed E-state index contributed by atoms with van der Waals surface area (Å²) in [5.74, 6) is 1.30. The summed E-state index contributed by atoms with van der Waals surface area (Å²) in [5.41, 5.74) is 0.394. The van der Waals surface area contributed by atoms with Gasteiger partial charge in [0.1, 0.15) is 0 Å². The normalized spacial score (nSPS) is 24.2. The molecule has 0 heterocycles. The molecule has 0 unspecified atom stereocenters. The zero-order valence-corrected chi connectivity index (χ0v) is 13.2. The Labute approximate surface area is 118 Å². The first-order valence-electron chi connectivity index (χ1n) is 7.93. The first-order valence-corrected chi connectivity index (χ1v) is 7.93. The molecule has 1 amide bonds. The van der Waals surface area contributed by atoms with Crippen molar-refractivity contribution in [3.05, 3.63) is 0 Å². The number of carbonyl (C=O) groups is 1. The SMILES string of the molecule is CCCNCCNC(=O)C1CCC(C(C)(C)C)CC1. The molecule has 0 spiro atoms. The van der Waals surface area contributed by atoms with Crippen molar-refractivity contribution in [2.45, 2.75) is 59.8 Å². The van der Waals surface area contributed by atoms with Gasteiger partial charge in [0, 0.05) is 19.0 Å². The van der Waals surface area contributed by atoms with Crippen molar-refractivity contribution in [3.8, 4) is 0 Å². The van der Waals surface area contributed by atoms with Gasteiger partial charge in [0.25, 0.3) is 0 Å². The average molecular weight is 268 g/mol. The fourth-order valence-corrected chi connectivity index (χ4v) is 2.94. The molecule has 3 heteroatoms. The van der Waals surface area contributed by atoms with Crippen molar-refractivity contribution >= 4 is 5.91 Å². The lowest BCUT2D eigenvalue weighted by molar-refractivity contribution is -0.126.